The lowest BCUT2D eigenvalue weighted by atomic mass is 10.3. The summed E-state index contributed by atoms with van der Waals surface area (Å²) < 4.78 is 0.988. The van der Waals surface area contributed by atoms with E-state index in [9.17, 15) is 0 Å². The molecule has 2 N–H and O–H groups in total. The van der Waals surface area contributed by atoms with Crippen LogP contribution in [0.1, 0.15) is 17.7 Å². The smallest absolute Gasteiger partial charge is 0.144 e. The van der Waals surface area contributed by atoms with Crippen molar-refractivity contribution in [3.63, 3.8) is 0 Å². The van der Waals surface area contributed by atoms with Gasteiger partial charge in [-0.25, -0.2) is 9.97 Å². The summed E-state index contributed by atoms with van der Waals surface area (Å²) in [5, 5.41) is 0. The Morgan fingerprint density at radius 2 is 1.95 bits per heavy atom. The molecule has 21 heavy (non-hydrogen) atoms. The van der Waals surface area contributed by atoms with Crippen LogP contribution in [0, 0.1) is 0 Å². The van der Waals surface area contributed by atoms with Crippen molar-refractivity contribution in [1.82, 2.24) is 14.9 Å². The first-order valence-corrected chi connectivity index (χ1v) is 8.74. The summed E-state index contributed by atoms with van der Waals surface area (Å²) in [6, 6.07) is 6.58. The van der Waals surface area contributed by atoms with E-state index >= 15 is 0 Å². The summed E-state index contributed by atoms with van der Waals surface area (Å²) in [6.45, 7) is 3.56. The van der Waals surface area contributed by atoms with Crippen LogP contribution in [0.15, 0.2) is 24.5 Å². The summed E-state index contributed by atoms with van der Waals surface area (Å²) in [5.74, 6) is 0.574. The van der Waals surface area contributed by atoms with Gasteiger partial charge in [0.25, 0.3) is 0 Å². The fourth-order valence-electron chi connectivity index (χ4n) is 2.75. The number of hydrogen-bond acceptors (Lipinski definition) is 6. The van der Waals surface area contributed by atoms with Gasteiger partial charge in [0.05, 0.1) is 10.2 Å². The van der Waals surface area contributed by atoms with Crippen molar-refractivity contribution in [3.05, 3.63) is 29.4 Å². The van der Waals surface area contributed by atoms with Gasteiger partial charge in [0.15, 0.2) is 0 Å². The van der Waals surface area contributed by atoms with Gasteiger partial charge >= 0.3 is 0 Å². The van der Waals surface area contributed by atoms with Gasteiger partial charge in [-0.3, -0.25) is 4.90 Å². The molecule has 0 bridgehead atoms. The molecule has 0 aromatic carbocycles. The van der Waals surface area contributed by atoms with Crippen LogP contribution in [-0.4, -0.2) is 28.0 Å². The molecule has 0 spiro atoms. The van der Waals surface area contributed by atoms with Crippen molar-refractivity contribution >= 4 is 38.7 Å². The average molecular weight is 316 g/mol. The third-order valence-electron chi connectivity index (χ3n) is 3.82. The summed E-state index contributed by atoms with van der Waals surface area (Å²) in [7, 11) is 0. The highest BCUT2D eigenvalue weighted by Gasteiger charge is 2.14. The lowest BCUT2D eigenvalue weighted by Gasteiger charge is -2.12. The van der Waals surface area contributed by atoms with Crippen LogP contribution in [0.25, 0.3) is 20.0 Å². The number of thiophene rings is 2. The molecule has 4 rings (SSSR count). The number of aromatic nitrogens is 2. The second kappa shape index (κ2) is 5.36. The van der Waals surface area contributed by atoms with Crippen LogP contribution in [0.5, 0.6) is 0 Å². The van der Waals surface area contributed by atoms with Gasteiger partial charge in [0.2, 0.25) is 0 Å². The number of fused-ring (bicyclic) bond motifs is 1. The van der Waals surface area contributed by atoms with Crippen LogP contribution < -0.4 is 5.73 Å². The van der Waals surface area contributed by atoms with Crippen molar-refractivity contribution in [3.8, 4) is 9.75 Å². The molecule has 1 saturated heterocycles. The van der Waals surface area contributed by atoms with Crippen molar-refractivity contribution in [2.75, 3.05) is 18.8 Å². The fraction of sp³-hybridized carbons (Fsp3) is 0.333. The maximum atomic E-state index is 5.92. The van der Waals surface area contributed by atoms with E-state index < -0.39 is 0 Å². The Balaban J connectivity index is 1.62. The van der Waals surface area contributed by atoms with Crippen LogP contribution in [0.4, 0.5) is 5.82 Å². The van der Waals surface area contributed by atoms with Crippen LogP contribution in [0.3, 0.4) is 0 Å². The first-order valence-electron chi connectivity index (χ1n) is 7.11. The third kappa shape index (κ3) is 2.54. The molecule has 4 heterocycles. The zero-order chi connectivity index (χ0) is 14.2. The lowest BCUT2D eigenvalue weighted by Crippen LogP contribution is -2.17. The minimum Gasteiger partial charge on any atom is -0.382 e. The second-order valence-electron chi connectivity index (χ2n) is 5.33. The highest BCUT2D eigenvalue weighted by atomic mass is 32.1. The largest absolute Gasteiger partial charge is 0.382 e. The van der Waals surface area contributed by atoms with Gasteiger partial charge in [-0.15, -0.1) is 22.7 Å². The molecule has 1 aliphatic rings. The Morgan fingerprint density at radius 3 is 2.76 bits per heavy atom. The normalized spacial score (nSPS) is 16.0. The molecule has 3 aromatic heterocycles. The number of nitrogen functional groups attached to an aromatic ring is 1. The maximum absolute atomic E-state index is 5.92. The molecule has 0 unspecified atom stereocenters. The number of anilines is 1. The Kier molecular flexibility index (Phi) is 3.37. The first-order chi connectivity index (χ1) is 10.3. The van der Waals surface area contributed by atoms with Gasteiger partial charge in [-0.1, -0.05) is 0 Å². The number of nitrogens with two attached hydrogens (primary N) is 1. The molecule has 0 saturated carbocycles. The highest BCUT2D eigenvalue weighted by Crippen LogP contribution is 2.38. The number of likely N-dealkylation sites (tertiary alicyclic amines) is 1. The molecule has 1 aliphatic heterocycles. The van der Waals surface area contributed by atoms with E-state index in [1.54, 1.807) is 11.3 Å². The highest BCUT2D eigenvalue weighted by molar-refractivity contribution is 7.26. The monoisotopic (exact) mass is 316 g/mol. The first kappa shape index (κ1) is 13.2. The van der Waals surface area contributed by atoms with Gasteiger partial charge in [0.1, 0.15) is 12.1 Å². The Morgan fingerprint density at radius 1 is 1.10 bits per heavy atom. The van der Waals surface area contributed by atoms with Crippen molar-refractivity contribution in [1.29, 1.82) is 0 Å². The lowest BCUT2D eigenvalue weighted by molar-refractivity contribution is 0.334. The van der Waals surface area contributed by atoms with E-state index in [0.29, 0.717) is 5.82 Å². The van der Waals surface area contributed by atoms with Gasteiger partial charge < -0.3 is 5.73 Å². The summed E-state index contributed by atoms with van der Waals surface area (Å²) >= 11 is 3.55. The van der Waals surface area contributed by atoms with E-state index in [-0.39, 0.29) is 0 Å². The zero-order valence-corrected chi connectivity index (χ0v) is 13.2. The average Bonchev–Trinajstić information content (AvgIpc) is 3.18. The molecule has 4 nitrogen and oxygen atoms in total. The minimum atomic E-state index is 0.574. The fourth-order valence-corrected chi connectivity index (χ4v) is 4.89. The van der Waals surface area contributed by atoms with Crippen molar-refractivity contribution in [2.45, 2.75) is 19.4 Å². The predicted octanol–water partition coefficient (Wildman–Crippen LogP) is 3.60. The van der Waals surface area contributed by atoms with Crippen molar-refractivity contribution in [2.24, 2.45) is 0 Å². The number of rotatable bonds is 3. The Bertz CT molecular complexity index is 771. The third-order valence-corrected chi connectivity index (χ3v) is 6.23. The number of nitrogens with zero attached hydrogens (tertiary/aromatic N) is 3. The molecular formula is C15H16N4S2. The van der Waals surface area contributed by atoms with Gasteiger partial charge in [0, 0.05) is 21.2 Å². The van der Waals surface area contributed by atoms with E-state index in [4.69, 9.17) is 5.73 Å². The standard InChI is InChI=1S/C15H16N4S2/c16-15-14-11(17-9-18-15)7-13(21-14)12-4-3-10(20-12)8-19-5-1-2-6-19/h3-4,7,9H,1-2,5-6,8H2,(H2,16,17,18). The molecule has 1 fully saturated rings. The molecule has 6 heteroatoms. The quantitative estimate of drug-likeness (QED) is 0.802. The van der Waals surface area contributed by atoms with Gasteiger partial charge in [-0.05, 0) is 44.1 Å². The van der Waals surface area contributed by atoms with Crippen molar-refractivity contribution < 1.29 is 0 Å². The second-order valence-corrected chi connectivity index (χ2v) is 7.55. The topological polar surface area (TPSA) is 55.0 Å². The van der Waals surface area contributed by atoms with Crippen LogP contribution in [0.2, 0.25) is 0 Å². The van der Waals surface area contributed by atoms with Crippen LogP contribution >= 0.6 is 22.7 Å². The minimum absolute atomic E-state index is 0.574. The van der Waals surface area contributed by atoms with E-state index in [0.717, 1.165) is 16.8 Å². The molecule has 108 valence electrons. The maximum Gasteiger partial charge on any atom is 0.144 e. The summed E-state index contributed by atoms with van der Waals surface area (Å²) in [6.07, 6.45) is 4.21. The van der Waals surface area contributed by atoms with Gasteiger partial charge in [-0.2, -0.15) is 0 Å². The Labute approximate surface area is 131 Å². The number of hydrogen-bond donors (Lipinski definition) is 1. The SMILES string of the molecule is Nc1ncnc2cc(-c3ccc(CN4CCCC4)s3)sc12. The summed E-state index contributed by atoms with van der Waals surface area (Å²) in [5.41, 5.74) is 6.86. The molecule has 0 atom stereocenters. The molecule has 0 amide bonds. The molecular weight excluding hydrogens is 300 g/mol. The van der Waals surface area contributed by atoms with E-state index in [1.165, 1.54) is 46.9 Å². The zero-order valence-electron chi connectivity index (χ0n) is 11.6. The molecule has 3 aromatic rings. The van der Waals surface area contributed by atoms with Crippen LogP contribution in [-0.2, 0) is 6.54 Å². The van der Waals surface area contributed by atoms with E-state index in [1.807, 2.05) is 11.3 Å². The predicted molar refractivity (Wildman–Crippen MR) is 89.7 cm³/mol. The Hall–Kier alpha value is -1.50. The molecule has 0 radical (unpaired) electrons. The summed E-state index contributed by atoms with van der Waals surface area (Å²) in [4.78, 5) is 14.9. The van der Waals surface area contributed by atoms with E-state index in [2.05, 4.69) is 33.1 Å². The molecule has 0 aliphatic carbocycles.